The molecule has 31 heavy (non-hydrogen) atoms. The van der Waals surface area contributed by atoms with Crippen LogP contribution < -0.4 is 4.72 Å². The molecule has 0 spiro atoms. The van der Waals surface area contributed by atoms with E-state index in [0.717, 1.165) is 32.8 Å². The molecule has 0 aromatic heterocycles. The summed E-state index contributed by atoms with van der Waals surface area (Å²) in [6, 6.07) is 27.6. The molecule has 1 N–H and O–H groups in total. The maximum atomic E-state index is 11.7. The minimum atomic E-state index is -0.369. The zero-order valence-electron chi connectivity index (χ0n) is 16.1. The van der Waals surface area contributed by atoms with Gasteiger partial charge in [0.1, 0.15) is 0 Å². The van der Waals surface area contributed by atoms with Crippen LogP contribution in [0.1, 0.15) is 0 Å². The van der Waals surface area contributed by atoms with E-state index in [1.165, 1.54) is 11.9 Å². The van der Waals surface area contributed by atoms with Gasteiger partial charge in [-0.25, -0.2) is 0 Å². The second-order valence-electron chi connectivity index (χ2n) is 6.68. The van der Waals surface area contributed by atoms with E-state index in [9.17, 15) is 10.1 Å². The van der Waals surface area contributed by atoms with Crippen molar-refractivity contribution in [3.63, 3.8) is 0 Å². The predicted octanol–water partition coefficient (Wildman–Crippen LogP) is 8.35. The third-order valence-corrected chi connectivity index (χ3v) is 6.20. The number of nitrogens with zero attached hydrogens (tertiary/aromatic N) is 1. The van der Waals surface area contributed by atoms with Gasteiger partial charge in [-0.15, -0.1) is 0 Å². The number of halogens is 2. The first-order valence-corrected chi connectivity index (χ1v) is 10.9. The van der Waals surface area contributed by atoms with Gasteiger partial charge in [0.2, 0.25) is 0 Å². The number of hydrogen-bond donors (Lipinski definition) is 1. The maximum Gasteiger partial charge on any atom is 0.270 e. The van der Waals surface area contributed by atoms with Gasteiger partial charge in [-0.1, -0.05) is 83.9 Å². The Morgan fingerprint density at radius 2 is 1.32 bits per heavy atom. The molecule has 0 heterocycles. The Bertz CT molecular complexity index is 1170. The number of rotatable bonds is 6. The van der Waals surface area contributed by atoms with Gasteiger partial charge in [-0.2, -0.15) is 0 Å². The molecule has 0 amide bonds. The Kier molecular flexibility index (Phi) is 6.47. The number of non-ortho nitro benzene ring substituents is 1. The molecule has 0 bridgehead atoms. The van der Waals surface area contributed by atoms with Crippen molar-refractivity contribution < 1.29 is 4.92 Å². The summed E-state index contributed by atoms with van der Waals surface area (Å²) in [6.45, 7) is 0. The molecule has 0 saturated carbocycles. The number of hydrogen-bond acceptors (Lipinski definition) is 4. The molecule has 0 radical (unpaired) electrons. The highest BCUT2D eigenvalue weighted by Gasteiger charge is 2.19. The van der Waals surface area contributed by atoms with Crippen LogP contribution in [0.3, 0.4) is 0 Å². The average Bonchev–Trinajstić information content (AvgIpc) is 2.79. The summed E-state index contributed by atoms with van der Waals surface area (Å²) in [7, 11) is 0. The Morgan fingerprint density at radius 1 is 0.774 bits per heavy atom. The molecule has 4 aromatic carbocycles. The summed E-state index contributed by atoms with van der Waals surface area (Å²) >= 11 is 13.7. The minimum absolute atomic E-state index is 0.0257. The molecule has 0 aliphatic heterocycles. The molecule has 0 fully saturated rings. The van der Waals surface area contributed by atoms with Crippen LogP contribution in [0.25, 0.3) is 22.3 Å². The van der Waals surface area contributed by atoms with E-state index < -0.39 is 0 Å². The van der Waals surface area contributed by atoms with Crippen LogP contribution in [0.15, 0.2) is 95.9 Å². The molecule has 0 unspecified atom stereocenters. The highest BCUT2D eigenvalue weighted by Crippen LogP contribution is 2.43. The Balaban J connectivity index is 1.88. The molecular weight excluding hydrogens is 451 g/mol. The monoisotopic (exact) mass is 466 g/mol. The normalized spacial score (nSPS) is 10.6. The van der Waals surface area contributed by atoms with Crippen molar-refractivity contribution >= 4 is 46.5 Å². The van der Waals surface area contributed by atoms with Crippen molar-refractivity contribution in [2.24, 2.45) is 0 Å². The first kappa shape index (κ1) is 21.2. The van der Waals surface area contributed by atoms with Crippen molar-refractivity contribution in [1.29, 1.82) is 0 Å². The van der Waals surface area contributed by atoms with Crippen molar-refractivity contribution in [2.45, 2.75) is 4.90 Å². The maximum absolute atomic E-state index is 11.7. The number of benzene rings is 4. The van der Waals surface area contributed by atoms with Crippen LogP contribution in [0.4, 0.5) is 11.4 Å². The predicted molar refractivity (Wildman–Crippen MR) is 130 cm³/mol. The third kappa shape index (κ3) is 4.85. The molecular formula is C24H16Cl2N2O2S. The van der Waals surface area contributed by atoms with E-state index in [1.54, 1.807) is 24.3 Å². The molecule has 154 valence electrons. The number of nitro benzene ring substituents is 1. The minimum Gasteiger partial charge on any atom is -0.324 e. The van der Waals surface area contributed by atoms with Gasteiger partial charge in [0.05, 0.1) is 15.6 Å². The fourth-order valence-corrected chi connectivity index (χ4v) is 4.45. The van der Waals surface area contributed by atoms with Crippen molar-refractivity contribution in [1.82, 2.24) is 0 Å². The summed E-state index contributed by atoms with van der Waals surface area (Å²) in [6.07, 6.45) is 0. The third-order valence-electron chi connectivity index (χ3n) is 4.66. The molecule has 0 atom stereocenters. The van der Waals surface area contributed by atoms with E-state index >= 15 is 0 Å². The molecule has 0 aliphatic carbocycles. The molecule has 0 saturated heterocycles. The molecule has 4 rings (SSSR count). The van der Waals surface area contributed by atoms with E-state index in [0.29, 0.717) is 10.0 Å². The SMILES string of the molecule is O=[N+]([O-])c1cc(-c2ccccc2)c(NSc2ccc(Cl)cc2Cl)c(-c2ccccc2)c1. The molecule has 4 aromatic rings. The average molecular weight is 467 g/mol. The van der Waals surface area contributed by atoms with Crippen LogP contribution in [-0.2, 0) is 0 Å². The van der Waals surface area contributed by atoms with Gasteiger partial charge >= 0.3 is 0 Å². The summed E-state index contributed by atoms with van der Waals surface area (Å²) in [4.78, 5) is 12.1. The van der Waals surface area contributed by atoms with Gasteiger partial charge in [-0.3, -0.25) is 10.1 Å². The lowest BCUT2D eigenvalue weighted by Gasteiger charge is -2.17. The van der Waals surface area contributed by atoms with Gasteiger partial charge in [0, 0.05) is 33.2 Å². The van der Waals surface area contributed by atoms with Crippen molar-refractivity contribution in [3.8, 4) is 22.3 Å². The number of anilines is 1. The second kappa shape index (κ2) is 9.43. The molecule has 4 nitrogen and oxygen atoms in total. The lowest BCUT2D eigenvalue weighted by molar-refractivity contribution is -0.384. The first-order chi connectivity index (χ1) is 15.0. The van der Waals surface area contributed by atoms with Crippen LogP contribution in [0, 0.1) is 10.1 Å². The van der Waals surface area contributed by atoms with Gasteiger partial charge in [0.25, 0.3) is 5.69 Å². The Morgan fingerprint density at radius 3 is 1.81 bits per heavy atom. The fraction of sp³-hybridized carbons (Fsp3) is 0. The summed E-state index contributed by atoms with van der Waals surface area (Å²) < 4.78 is 3.39. The fourth-order valence-electron chi connectivity index (χ4n) is 3.20. The van der Waals surface area contributed by atoms with Crippen molar-refractivity contribution in [2.75, 3.05) is 4.72 Å². The zero-order chi connectivity index (χ0) is 21.8. The highest BCUT2D eigenvalue weighted by molar-refractivity contribution is 8.00. The first-order valence-electron chi connectivity index (χ1n) is 9.34. The van der Waals surface area contributed by atoms with Crippen LogP contribution in [-0.4, -0.2) is 4.92 Å². The van der Waals surface area contributed by atoms with Crippen LogP contribution in [0.5, 0.6) is 0 Å². The zero-order valence-corrected chi connectivity index (χ0v) is 18.4. The van der Waals surface area contributed by atoms with E-state index in [4.69, 9.17) is 23.2 Å². The summed E-state index contributed by atoms with van der Waals surface area (Å²) in [5, 5.41) is 12.8. The number of nitrogens with one attached hydrogen (secondary N) is 1. The van der Waals surface area contributed by atoms with Crippen LogP contribution >= 0.6 is 35.1 Å². The highest BCUT2D eigenvalue weighted by atomic mass is 35.5. The van der Waals surface area contributed by atoms with E-state index in [-0.39, 0.29) is 10.6 Å². The second-order valence-corrected chi connectivity index (χ2v) is 8.38. The number of nitro groups is 1. The van der Waals surface area contributed by atoms with E-state index in [1.807, 2.05) is 66.7 Å². The smallest absolute Gasteiger partial charge is 0.270 e. The van der Waals surface area contributed by atoms with Crippen LogP contribution in [0.2, 0.25) is 10.0 Å². The van der Waals surface area contributed by atoms with Gasteiger partial charge in [0.15, 0.2) is 0 Å². The molecule has 0 aliphatic rings. The van der Waals surface area contributed by atoms with Crippen molar-refractivity contribution in [3.05, 3.63) is 111 Å². The largest absolute Gasteiger partial charge is 0.324 e. The standard InChI is InChI=1S/C24H16Cl2N2O2S/c25-18-11-12-23(22(26)13-18)31-27-24-20(16-7-3-1-4-8-16)14-19(28(29)30)15-21(24)17-9-5-2-6-10-17/h1-15,27H. The Hall–Kier alpha value is -2.99. The summed E-state index contributed by atoms with van der Waals surface area (Å²) in [5.41, 5.74) is 3.98. The van der Waals surface area contributed by atoms with E-state index in [2.05, 4.69) is 4.72 Å². The summed E-state index contributed by atoms with van der Waals surface area (Å²) in [5.74, 6) is 0. The quantitative estimate of drug-likeness (QED) is 0.176. The topological polar surface area (TPSA) is 55.2 Å². The Labute approximate surface area is 194 Å². The van der Waals surface area contributed by atoms with Gasteiger partial charge in [-0.05, 0) is 41.3 Å². The lowest BCUT2D eigenvalue weighted by Crippen LogP contribution is -1.98. The lowest BCUT2D eigenvalue weighted by atomic mass is 9.95. The van der Waals surface area contributed by atoms with Gasteiger partial charge < -0.3 is 4.72 Å². The molecule has 7 heteroatoms.